The maximum Gasteiger partial charge on any atom is 0.315 e. The Balaban J connectivity index is 0.000000686. The van der Waals surface area contributed by atoms with E-state index in [1.54, 1.807) is 6.92 Å². The van der Waals surface area contributed by atoms with Crippen LogP contribution in [0.3, 0.4) is 0 Å². The Hall–Kier alpha value is -1.14. The molecule has 0 N–H and O–H groups in total. The quantitative estimate of drug-likeness (QED) is 0.759. The van der Waals surface area contributed by atoms with Crippen molar-refractivity contribution in [2.75, 3.05) is 0 Å². The van der Waals surface area contributed by atoms with Gasteiger partial charge in [0.25, 0.3) is 0 Å². The van der Waals surface area contributed by atoms with E-state index in [0.717, 1.165) is 4.80 Å². The molecule has 1 saturated carbocycles. The van der Waals surface area contributed by atoms with Crippen molar-refractivity contribution in [2.45, 2.75) is 45.6 Å². The van der Waals surface area contributed by atoms with Crippen molar-refractivity contribution < 1.29 is 17.6 Å². The van der Waals surface area contributed by atoms with E-state index in [4.69, 9.17) is 0 Å². The molecule has 1 fully saturated rings. The van der Waals surface area contributed by atoms with Gasteiger partial charge in [0.2, 0.25) is 0 Å². The summed E-state index contributed by atoms with van der Waals surface area (Å²) in [5.74, 6) is -9.19. The van der Waals surface area contributed by atoms with Gasteiger partial charge in [-0.25, -0.2) is 0 Å². The normalized spacial score (nSPS) is 24.5. The minimum Gasteiger partial charge on any atom is -0.200 e. The van der Waals surface area contributed by atoms with Gasteiger partial charge < -0.3 is 0 Å². The summed E-state index contributed by atoms with van der Waals surface area (Å²) in [5, 5.41) is 7.45. The second-order valence-corrected chi connectivity index (χ2v) is 3.77. The first-order valence-electron chi connectivity index (χ1n) is 5.45. The molecule has 0 amide bonds. The molecular weight excluding hydrogens is 238 g/mol. The first-order valence-corrected chi connectivity index (χ1v) is 5.45. The van der Waals surface area contributed by atoms with Gasteiger partial charge in [0.05, 0.1) is 24.4 Å². The van der Waals surface area contributed by atoms with Crippen LogP contribution in [0.4, 0.5) is 17.6 Å². The zero-order chi connectivity index (χ0) is 13.3. The van der Waals surface area contributed by atoms with E-state index in [0.29, 0.717) is 5.69 Å². The summed E-state index contributed by atoms with van der Waals surface area (Å²) in [4.78, 5) is 1.03. The van der Waals surface area contributed by atoms with Crippen molar-refractivity contribution in [3.63, 3.8) is 0 Å². The van der Waals surface area contributed by atoms with Crippen LogP contribution in [-0.4, -0.2) is 26.8 Å². The van der Waals surface area contributed by atoms with Crippen molar-refractivity contribution in [3.8, 4) is 0 Å². The maximum absolute atomic E-state index is 12.9. The molecule has 98 valence electrons. The van der Waals surface area contributed by atoms with E-state index in [-0.39, 0.29) is 6.54 Å². The second kappa shape index (κ2) is 4.62. The maximum atomic E-state index is 12.9. The van der Waals surface area contributed by atoms with Crippen LogP contribution >= 0.6 is 0 Å². The number of rotatable bonds is 2. The van der Waals surface area contributed by atoms with E-state index in [9.17, 15) is 17.6 Å². The van der Waals surface area contributed by atoms with Crippen LogP contribution in [0.2, 0.25) is 0 Å². The highest BCUT2D eigenvalue weighted by molar-refractivity contribution is 5.02. The summed E-state index contributed by atoms with van der Waals surface area (Å²) in [6.45, 7) is 5.38. The predicted molar refractivity (Wildman–Crippen MR) is 54.1 cm³/mol. The lowest BCUT2D eigenvalue weighted by Crippen LogP contribution is -2.59. The summed E-state index contributed by atoms with van der Waals surface area (Å²) >= 11 is 0. The summed E-state index contributed by atoms with van der Waals surface area (Å²) in [6.07, 6.45) is 0.593. The molecule has 0 aliphatic heterocycles. The minimum atomic E-state index is -3.94. The Labute approximate surface area is 96.8 Å². The van der Waals surface area contributed by atoms with Gasteiger partial charge in [-0.1, -0.05) is 13.8 Å². The van der Waals surface area contributed by atoms with E-state index in [1.165, 1.54) is 6.20 Å². The number of hydrogen-bond donors (Lipinski definition) is 0. The highest BCUT2D eigenvalue weighted by atomic mass is 19.3. The monoisotopic (exact) mass is 253 g/mol. The predicted octanol–water partition coefficient (Wildman–Crippen LogP) is 2.90. The molecule has 0 spiro atoms. The second-order valence-electron chi connectivity index (χ2n) is 3.77. The lowest BCUT2D eigenvalue weighted by Gasteiger charge is -2.43. The molecule has 1 aromatic heterocycles. The SMILES string of the molecule is CC.Cc1cnn(CC2CC(F)(F)C2(F)F)n1. The molecule has 1 heterocycles. The molecule has 1 aromatic rings. The lowest BCUT2D eigenvalue weighted by molar-refractivity contribution is -0.316. The Kier molecular flexibility index (Phi) is 3.78. The third-order valence-electron chi connectivity index (χ3n) is 2.54. The number of aromatic nitrogens is 3. The Bertz CT molecular complexity index is 375. The molecule has 1 aliphatic carbocycles. The Morgan fingerprint density at radius 2 is 1.94 bits per heavy atom. The zero-order valence-corrected chi connectivity index (χ0v) is 9.92. The topological polar surface area (TPSA) is 30.7 Å². The van der Waals surface area contributed by atoms with Gasteiger partial charge >= 0.3 is 11.8 Å². The molecule has 0 radical (unpaired) electrons. The van der Waals surface area contributed by atoms with Gasteiger partial charge in [-0.2, -0.15) is 32.6 Å². The van der Waals surface area contributed by atoms with Crippen molar-refractivity contribution in [2.24, 2.45) is 5.92 Å². The fraction of sp³-hybridized carbons (Fsp3) is 0.800. The van der Waals surface area contributed by atoms with E-state index in [2.05, 4.69) is 10.2 Å². The van der Waals surface area contributed by atoms with Crippen molar-refractivity contribution in [1.82, 2.24) is 15.0 Å². The average molecular weight is 253 g/mol. The van der Waals surface area contributed by atoms with Crippen LogP contribution in [0.1, 0.15) is 26.0 Å². The third-order valence-corrected chi connectivity index (χ3v) is 2.54. The fourth-order valence-corrected chi connectivity index (χ4v) is 1.59. The van der Waals surface area contributed by atoms with Crippen LogP contribution in [0.5, 0.6) is 0 Å². The standard InChI is InChI=1S/C8H9F4N3.C2H6/c1-5-3-13-15(14-5)4-6-2-7(9,10)8(6,11)12;1-2/h3,6H,2,4H2,1H3;1-2H3. The molecule has 1 atom stereocenters. The molecular formula is C10H15F4N3. The summed E-state index contributed by atoms with van der Waals surface area (Å²) in [5.41, 5.74) is 0.574. The first kappa shape index (κ1) is 13.9. The number of hydrogen-bond acceptors (Lipinski definition) is 2. The van der Waals surface area contributed by atoms with E-state index in [1.807, 2.05) is 13.8 Å². The largest absolute Gasteiger partial charge is 0.315 e. The number of nitrogens with zero attached hydrogens (tertiary/aromatic N) is 3. The Morgan fingerprint density at radius 1 is 1.35 bits per heavy atom. The molecule has 1 unspecified atom stereocenters. The van der Waals surface area contributed by atoms with Crippen molar-refractivity contribution >= 4 is 0 Å². The number of halogens is 4. The highest BCUT2D eigenvalue weighted by Gasteiger charge is 2.71. The molecule has 1 aliphatic rings. The summed E-state index contributed by atoms with van der Waals surface area (Å²) < 4.78 is 50.7. The van der Waals surface area contributed by atoms with Crippen LogP contribution in [0.25, 0.3) is 0 Å². The first-order chi connectivity index (χ1) is 7.83. The fourth-order valence-electron chi connectivity index (χ4n) is 1.59. The van der Waals surface area contributed by atoms with Crippen LogP contribution in [0.15, 0.2) is 6.20 Å². The van der Waals surface area contributed by atoms with Crippen molar-refractivity contribution in [3.05, 3.63) is 11.9 Å². The smallest absolute Gasteiger partial charge is 0.200 e. The minimum absolute atomic E-state index is 0.267. The van der Waals surface area contributed by atoms with Gasteiger partial charge in [0.1, 0.15) is 0 Å². The number of alkyl halides is 4. The van der Waals surface area contributed by atoms with Gasteiger partial charge in [-0.05, 0) is 6.92 Å². The molecule has 3 nitrogen and oxygen atoms in total. The van der Waals surface area contributed by atoms with Crippen LogP contribution in [0, 0.1) is 12.8 Å². The van der Waals surface area contributed by atoms with E-state index < -0.39 is 24.2 Å². The lowest BCUT2D eigenvalue weighted by atomic mass is 9.77. The molecule has 2 rings (SSSR count). The molecule has 17 heavy (non-hydrogen) atoms. The molecule has 7 heteroatoms. The molecule has 0 saturated heterocycles. The molecule has 0 aromatic carbocycles. The average Bonchev–Trinajstić information content (AvgIpc) is 2.66. The molecule has 0 bridgehead atoms. The van der Waals surface area contributed by atoms with Crippen molar-refractivity contribution in [1.29, 1.82) is 0 Å². The van der Waals surface area contributed by atoms with Gasteiger partial charge in [0, 0.05) is 6.42 Å². The van der Waals surface area contributed by atoms with Gasteiger partial charge in [-0.15, -0.1) is 0 Å². The summed E-state index contributed by atoms with van der Waals surface area (Å²) in [6, 6.07) is 0. The highest BCUT2D eigenvalue weighted by Crippen LogP contribution is 2.55. The Morgan fingerprint density at radius 3 is 2.29 bits per heavy atom. The third kappa shape index (κ3) is 2.42. The summed E-state index contributed by atoms with van der Waals surface area (Å²) in [7, 11) is 0. The van der Waals surface area contributed by atoms with Crippen LogP contribution < -0.4 is 0 Å². The van der Waals surface area contributed by atoms with Gasteiger partial charge in [-0.3, -0.25) is 0 Å². The van der Waals surface area contributed by atoms with Gasteiger partial charge in [0.15, 0.2) is 0 Å². The zero-order valence-electron chi connectivity index (χ0n) is 9.92. The number of aryl methyl sites for hydroxylation is 1. The van der Waals surface area contributed by atoms with E-state index >= 15 is 0 Å². The van der Waals surface area contributed by atoms with Crippen LogP contribution in [-0.2, 0) is 6.54 Å².